The lowest BCUT2D eigenvalue weighted by Gasteiger charge is -2.14. The van der Waals surface area contributed by atoms with Gasteiger partial charge in [0, 0.05) is 19.1 Å². The lowest BCUT2D eigenvalue weighted by Crippen LogP contribution is -2.36. The van der Waals surface area contributed by atoms with Crippen molar-refractivity contribution in [3.05, 3.63) is 0 Å². The Morgan fingerprint density at radius 2 is 1.62 bits per heavy atom. The quantitative estimate of drug-likeness (QED) is 0.546. The first-order chi connectivity index (χ1) is 6.29. The summed E-state index contributed by atoms with van der Waals surface area (Å²) >= 11 is 0. The molecule has 0 spiro atoms. The third-order valence-electron chi connectivity index (χ3n) is 3.24. The number of hydrogen-bond acceptors (Lipinski definition) is 3. The summed E-state index contributed by atoms with van der Waals surface area (Å²) in [6.07, 6.45) is 2.04. The summed E-state index contributed by atoms with van der Waals surface area (Å²) in [5.41, 5.74) is 0. The van der Waals surface area contributed by atoms with Gasteiger partial charge in [0.1, 0.15) is 0 Å². The minimum absolute atomic E-state index is 0.0481. The number of fused-ring (bicyclic) bond motifs is 1. The van der Waals surface area contributed by atoms with Gasteiger partial charge in [0.05, 0.1) is 11.8 Å². The summed E-state index contributed by atoms with van der Waals surface area (Å²) in [4.78, 5) is 25.0. The summed E-state index contributed by atoms with van der Waals surface area (Å²) in [5, 5.41) is 3.10. The molecule has 2 amide bonds. The molecule has 0 unspecified atom stereocenters. The Hall–Kier alpha value is -0.900. The summed E-state index contributed by atoms with van der Waals surface area (Å²) in [5.74, 6) is 0.0474. The number of nitrogens with one attached hydrogen (secondary N) is 1. The molecule has 13 heavy (non-hydrogen) atoms. The molecule has 1 saturated carbocycles. The van der Waals surface area contributed by atoms with E-state index in [0.29, 0.717) is 13.1 Å². The van der Waals surface area contributed by atoms with Gasteiger partial charge in [-0.2, -0.15) is 0 Å². The number of carbonyl (C=O) groups excluding carboxylic acids is 2. The SMILES string of the molecule is O=C1[C@H]2CNC[C@H]2C(=O)N1C1CC1. The van der Waals surface area contributed by atoms with E-state index < -0.39 is 0 Å². The van der Waals surface area contributed by atoms with Crippen molar-refractivity contribution in [2.75, 3.05) is 13.1 Å². The van der Waals surface area contributed by atoms with Crippen molar-refractivity contribution in [1.29, 1.82) is 0 Å². The number of carbonyl (C=O) groups is 2. The van der Waals surface area contributed by atoms with Crippen LogP contribution in [-0.2, 0) is 9.59 Å². The zero-order valence-corrected chi connectivity index (χ0v) is 7.32. The van der Waals surface area contributed by atoms with Crippen molar-refractivity contribution in [2.24, 2.45) is 11.8 Å². The van der Waals surface area contributed by atoms with Crippen LogP contribution in [-0.4, -0.2) is 35.8 Å². The molecule has 1 aliphatic carbocycles. The highest BCUT2D eigenvalue weighted by molar-refractivity contribution is 6.06. The summed E-state index contributed by atoms with van der Waals surface area (Å²) in [7, 11) is 0. The van der Waals surface area contributed by atoms with Gasteiger partial charge in [-0.1, -0.05) is 0 Å². The third kappa shape index (κ3) is 0.892. The van der Waals surface area contributed by atoms with Gasteiger partial charge in [-0.3, -0.25) is 14.5 Å². The molecule has 4 heteroatoms. The fourth-order valence-electron chi connectivity index (χ4n) is 2.36. The first-order valence-electron chi connectivity index (χ1n) is 4.86. The van der Waals surface area contributed by atoms with E-state index in [0.717, 1.165) is 12.8 Å². The van der Waals surface area contributed by atoms with Gasteiger partial charge >= 0.3 is 0 Å². The van der Waals surface area contributed by atoms with Crippen molar-refractivity contribution in [3.8, 4) is 0 Å². The number of imide groups is 1. The monoisotopic (exact) mass is 180 g/mol. The zero-order chi connectivity index (χ0) is 9.00. The molecule has 0 aromatic rings. The first-order valence-corrected chi connectivity index (χ1v) is 4.86. The molecule has 0 bridgehead atoms. The Morgan fingerprint density at radius 3 is 2.08 bits per heavy atom. The molecular formula is C9H12N2O2. The molecule has 2 saturated heterocycles. The number of amides is 2. The average Bonchev–Trinajstić information content (AvgIpc) is 2.77. The molecule has 3 fully saturated rings. The Bertz CT molecular complexity index is 263. The van der Waals surface area contributed by atoms with E-state index in [-0.39, 0.29) is 29.7 Å². The van der Waals surface area contributed by atoms with Crippen LogP contribution in [0.25, 0.3) is 0 Å². The summed E-state index contributed by atoms with van der Waals surface area (Å²) < 4.78 is 0. The molecule has 2 heterocycles. The second-order valence-corrected chi connectivity index (χ2v) is 4.15. The van der Waals surface area contributed by atoms with Crippen LogP contribution in [0, 0.1) is 11.8 Å². The van der Waals surface area contributed by atoms with E-state index in [2.05, 4.69) is 5.32 Å². The van der Waals surface area contributed by atoms with Gasteiger partial charge in [-0.25, -0.2) is 0 Å². The maximum absolute atomic E-state index is 11.7. The van der Waals surface area contributed by atoms with E-state index in [1.807, 2.05) is 0 Å². The topological polar surface area (TPSA) is 49.4 Å². The summed E-state index contributed by atoms with van der Waals surface area (Å²) in [6.45, 7) is 1.39. The minimum Gasteiger partial charge on any atom is -0.315 e. The lowest BCUT2D eigenvalue weighted by molar-refractivity contribution is -0.140. The molecule has 0 radical (unpaired) electrons. The van der Waals surface area contributed by atoms with Crippen molar-refractivity contribution in [3.63, 3.8) is 0 Å². The Labute approximate surface area is 76.3 Å². The highest BCUT2D eigenvalue weighted by Crippen LogP contribution is 2.37. The third-order valence-corrected chi connectivity index (χ3v) is 3.24. The minimum atomic E-state index is -0.0481. The van der Waals surface area contributed by atoms with Gasteiger partial charge in [0.25, 0.3) is 0 Å². The molecule has 1 N–H and O–H groups in total. The molecule has 2 aliphatic heterocycles. The Morgan fingerprint density at radius 1 is 1.08 bits per heavy atom. The van der Waals surface area contributed by atoms with Crippen LogP contribution >= 0.6 is 0 Å². The average molecular weight is 180 g/mol. The van der Waals surface area contributed by atoms with Crippen LogP contribution in [0.5, 0.6) is 0 Å². The fraction of sp³-hybridized carbons (Fsp3) is 0.778. The predicted octanol–water partition coefficient (Wildman–Crippen LogP) is -0.647. The molecule has 70 valence electrons. The number of rotatable bonds is 1. The predicted molar refractivity (Wildman–Crippen MR) is 44.7 cm³/mol. The number of likely N-dealkylation sites (tertiary alicyclic amines) is 1. The standard InChI is InChI=1S/C9H12N2O2/c12-8-6-3-10-4-7(6)9(13)11(8)5-1-2-5/h5-7,10H,1-4H2/t6-,7+. The van der Waals surface area contributed by atoms with Crippen LogP contribution in [0.4, 0.5) is 0 Å². The van der Waals surface area contributed by atoms with E-state index >= 15 is 0 Å². The van der Waals surface area contributed by atoms with Crippen LogP contribution in [0.15, 0.2) is 0 Å². The number of nitrogens with zero attached hydrogens (tertiary/aromatic N) is 1. The second kappa shape index (κ2) is 2.32. The number of hydrogen-bond donors (Lipinski definition) is 1. The van der Waals surface area contributed by atoms with Crippen LogP contribution in [0.1, 0.15) is 12.8 Å². The van der Waals surface area contributed by atoms with Crippen molar-refractivity contribution < 1.29 is 9.59 Å². The molecular weight excluding hydrogens is 168 g/mol. The first kappa shape index (κ1) is 7.50. The zero-order valence-electron chi connectivity index (χ0n) is 7.32. The van der Waals surface area contributed by atoms with Crippen molar-refractivity contribution in [1.82, 2.24) is 10.2 Å². The van der Waals surface area contributed by atoms with Gasteiger partial charge < -0.3 is 5.32 Å². The maximum atomic E-state index is 11.7. The van der Waals surface area contributed by atoms with Gasteiger partial charge in [0.2, 0.25) is 11.8 Å². The van der Waals surface area contributed by atoms with Crippen LogP contribution in [0.3, 0.4) is 0 Å². The van der Waals surface area contributed by atoms with Crippen LogP contribution in [0.2, 0.25) is 0 Å². The normalized spacial score (nSPS) is 38.6. The lowest BCUT2D eigenvalue weighted by atomic mass is 10.00. The molecule has 0 aromatic carbocycles. The molecule has 3 rings (SSSR count). The Balaban J connectivity index is 1.91. The van der Waals surface area contributed by atoms with Gasteiger partial charge in [-0.05, 0) is 12.8 Å². The highest BCUT2D eigenvalue weighted by Gasteiger charge is 2.53. The fourth-order valence-corrected chi connectivity index (χ4v) is 2.36. The summed E-state index contributed by atoms with van der Waals surface area (Å²) in [6, 6.07) is 0.255. The molecule has 2 atom stereocenters. The Kier molecular flexibility index (Phi) is 1.34. The second-order valence-electron chi connectivity index (χ2n) is 4.15. The van der Waals surface area contributed by atoms with Crippen LogP contribution < -0.4 is 5.32 Å². The van der Waals surface area contributed by atoms with E-state index in [4.69, 9.17) is 0 Å². The van der Waals surface area contributed by atoms with E-state index in [9.17, 15) is 9.59 Å². The van der Waals surface area contributed by atoms with E-state index in [1.165, 1.54) is 4.90 Å². The molecule has 4 nitrogen and oxygen atoms in total. The van der Waals surface area contributed by atoms with Gasteiger partial charge in [-0.15, -0.1) is 0 Å². The molecule has 3 aliphatic rings. The van der Waals surface area contributed by atoms with Crippen molar-refractivity contribution >= 4 is 11.8 Å². The van der Waals surface area contributed by atoms with Crippen molar-refractivity contribution in [2.45, 2.75) is 18.9 Å². The smallest absolute Gasteiger partial charge is 0.234 e. The maximum Gasteiger partial charge on any atom is 0.234 e. The molecule has 0 aromatic heterocycles. The van der Waals surface area contributed by atoms with E-state index in [1.54, 1.807) is 0 Å². The highest BCUT2D eigenvalue weighted by atomic mass is 16.2. The largest absolute Gasteiger partial charge is 0.315 e. The van der Waals surface area contributed by atoms with Gasteiger partial charge in [0.15, 0.2) is 0 Å².